The number of hydrogen-bond donors (Lipinski definition) is 3. The van der Waals surface area contributed by atoms with E-state index in [1.54, 1.807) is 11.6 Å². The van der Waals surface area contributed by atoms with Gasteiger partial charge >= 0.3 is 0 Å². The number of benzene rings is 2. The zero-order valence-electron chi connectivity index (χ0n) is 17.1. The molecule has 32 heavy (non-hydrogen) atoms. The van der Waals surface area contributed by atoms with Crippen LogP contribution in [0.2, 0.25) is 10.0 Å². The average Bonchev–Trinajstić information content (AvgIpc) is 3.23. The maximum atomic E-state index is 14.7. The van der Waals surface area contributed by atoms with Crippen LogP contribution in [0.3, 0.4) is 0 Å². The summed E-state index contributed by atoms with van der Waals surface area (Å²) in [6.45, 7) is 5.79. The number of nitrogens with zero attached hydrogens (tertiary/aromatic N) is 2. The van der Waals surface area contributed by atoms with Crippen molar-refractivity contribution < 1.29 is 4.39 Å². The van der Waals surface area contributed by atoms with E-state index in [4.69, 9.17) is 23.2 Å². The van der Waals surface area contributed by atoms with Crippen LogP contribution in [0.25, 0.3) is 0 Å². The van der Waals surface area contributed by atoms with Gasteiger partial charge in [0.2, 0.25) is 0 Å². The number of aromatic nitrogens is 1. The number of hydrogen-bond acceptors (Lipinski definition) is 7. The lowest BCUT2D eigenvalue weighted by Crippen LogP contribution is -2.70. The predicted octanol–water partition coefficient (Wildman–Crippen LogP) is 5.73. The molecule has 168 valence electrons. The van der Waals surface area contributed by atoms with Crippen molar-refractivity contribution >= 4 is 58.0 Å². The second-order valence-corrected chi connectivity index (χ2v) is 10.7. The van der Waals surface area contributed by atoms with Crippen molar-refractivity contribution in [1.82, 2.24) is 15.2 Å². The smallest absolute Gasteiger partial charge is 0.147 e. The Labute approximate surface area is 204 Å². The van der Waals surface area contributed by atoms with Crippen LogP contribution in [0.15, 0.2) is 46.1 Å². The van der Waals surface area contributed by atoms with Crippen molar-refractivity contribution in [2.45, 2.75) is 18.0 Å². The summed E-state index contributed by atoms with van der Waals surface area (Å²) in [5, 5.41) is 9.64. The molecule has 3 aromatic rings. The van der Waals surface area contributed by atoms with Crippen LogP contribution in [0.4, 0.5) is 15.9 Å². The minimum absolute atomic E-state index is 0.357. The molecule has 0 radical (unpaired) electrons. The fourth-order valence-electron chi connectivity index (χ4n) is 4.20. The largest absolute Gasteiger partial charge is 0.380 e. The molecule has 0 unspecified atom stereocenters. The van der Waals surface area contributed by atoms with Crippen LogP contribution in [-0.2, 0) is 13.1 Å². The van der Waals surface area contributed by atoms with E-state index in [2.05, 4.69) is 31.3 Å². The number of likely N-dealkylation sites (tertiary alicyclic amines) is 1. The molecule has 10 heteroatoms. The van der Waals surface area contributed by atoms with Crippen LogP contribution in [0.1, 0.15) is 11.1 Å². The molecule has 1 aromatic heterocycles. The molecule has 0 atom stereocenters. The third kappa shape index (κ3) is 4.71. The highest BCUT2D eigenvalue weighted by molar-refractivity contribution is 8.00. The van der Waals surface area contributed by atoms with Gasteiger partial charge in [-0.2, -0.15) is 0 Å². The lowest BCUT2D eigenvalue weighted by molar-refractivity contribution is -0.0445. The van der Waals surface area contributed by atoms with E-state index in [0.717, 1.165) is 50.2 Å². The molecule has 3 N–H and O–H groups in total. The van der Waals surface area contributed by atoms with Crippen LogP contribution < -0.4 is 15.4 Å². The second kappa shape index (κ2) is 9.37. The van der Waals surface area contributed by atoms with Crippen LogP contribution in [0, 0.1) is 11.2 Å². The van der Waals surface area contributed by atoms with Gasteiger partial charge in [-0.1, -0.05) is 35.3 Å². The van der Waals surface area contributed by atoms with Crippen molar-refractivity contribution in [3.63, 3.8) is 0 Å². The normalized spacial score (nSPS) is 17.1. The molecule has 2 aliphatic rings. The summed E-state index contributed by atoms with van der Waals surface area (Å²) in [7, 11) is 0. The van der Waals surface area contributed by atoms with E-state index in [1.165, 1.54) is 23.0 Å². The van der Waals surface area contributed by atoms with Crippen LogP contribution in [-0.4, -0.2) is 36.1 Å². The first-order valence-electron chi connectivity index (χ1n) is 10.2. The Bertz CT molecular complexity index is 1100. The highest BCUT2D eigenvalue weighted by atomic mass is 35.5. The number of nitrogens with one attached hydrogen (secondary N) is 3. The van der Waals surface area contributed by atoms with Gasteiger partial charge < -0.3 is 15.4 Å². The minimum atomic E-state index is -0.357. The van der Waals surface area contributed by atoms with Gasteiger partial charge in [-0.25, -0.2) is 9.37 Å². The van der Waals surface area contributed by atoms with Gasteiger partial charge in [0.1, 0.15) is 11.6 Å². The fourth-order valence-corrected chi connectivity index (χ4v) is 5.98. The molecule has 0 amide bonds. The van der Waals surface area contributed by atoms with Crippen molar-refractivity contribution in [2.24, 2.45) is 5.41 Å². The number of thiazole rings is 1. The van der Waals surface area contributed by atoms with Gasteiger partial charge in [-0.3, -0.25) is 4.90 Å². The molecule has 5 rings (SSSR count). The maximum absolute atomic E-state index is 14.7. The van der Waals surface area contributed by atoms with Gasteiger partial charge in [-0.15, -0.1) is 11.3 Å². The van der Waals surface area contributed by atoms with E-state index in [1.807, 2.05) is 17.5 Å². The third-order valence-electron chi connectivity index (χ3n) is 5.90. The number of rotatable bonds is 8. The highest BCUT2D eigenvalue weighted by Gasteiger charge is 2.47. The van der Waals surface area contributed by atoms with E-state index >= 15 is 0 Å². The molecular weight excluding hydrogens is 488 g/mol. The summed E-state index contributed by atoms with van der Waals surface area (Å²) in [5.41, 5.74) is 4.94. The molecule has 0 aliphatic carbocycles. The molecule has 2 fully saturated rings. The molecule has 2 aromatic carbocycles. The Kier molecular flexibility index (Phi) is 6.51. The standard InChI is InChI=1S/C22H22Cl2FN5S2/c23-16-3-1-2-14(7-30-11-22(12-30)9-26-10-22)15(16)6-27-19-5-18(25)20(4-17(19)24)32-29-21-8-31-13-28-21/h1-5,8,13,26-27,29H,6-7,9-12H2. The minimum Gasteiger partial charge on any atom is -0.380 e. The number of anilines is 2. The summed E-state index contributed by atoms with van der Waals surface area (Å²) < 4.78 is 17.7. The second-order valence-electron chi connectivity index (χ2n) is 8.32. The van der Waals surface area contributed by atoms with Crippen molar-refractivity contribution in [3.8, 4) is 0 Å². The Morgan fingerprint density at radius 3 is 2.78 bits per heavy atom. The van der Waals surface area contributed by atoms with Crippen molar-refractivity contribution in [2.75, 3.05) is 36.2 Å². The van der Waals surface area contributed by atoms with E-state index in [9.17, 15) is 4.39 Å². The summed E-state index contributed by atoms with van der Waals surface area (Å²) >= 11 is 15.6. The average molecular weight is 510 g/mol. The Morgan fingerprint density at radius 1 is 1.22 bits per heavy atom. The summed E-state index contributed by atoms with van der Waals surface area (Å²) in [4.78, 5) is 6.98. The first-order chi connectivity index (χ1) is 15.5. The first-order valence-corrected chi connectivity index (χ1v) is 12.8. The van der Waals surface area contributed by atoms with E-state index in [0.29, 0.717) is 38.4 Å². The van der Waals surface area contributed by atoms with E-state index < -0.39 is 0 Å². The first kappa shape index (κ1) is 22.3. The number of halogens is 3. The van der Waals surface area contributed by atoms with Crippen molar-refractivity contribution in [1.29, 1.82) is 0 Å². The summed E-state index contributed by atoms with van der Waals surface area (Å²) in [5.74, 6) is 0.328. The third-order valence-corrected chi connectivity index (χ3v) is 8.00. The Hall–Kier alpha value is -1.55. The topological polar surface area (TPSA) is 52.2 Å². The lowest BCUT2D eigenvalue weighted by Gasteiger charge is -2.56. The fraction of sp³-hybridized carbons (Fsp3) is 0.318. The Morgan fingerprint density at radius 2 is 2.06 bits per heavy atom. The van der Waals surface area contributed by atoms with E-state index in [-0.39, 0.29) is 5.82 Å². The van der Waals surface area contributed by atoms with Crippen LogP contribution in [0.5, 0.6) is 0 Å². The lowest BCUT2D eigenvalue weighted by atomic mass is 9.74. The van der Waals surface area contributed by atoms with Crippen LogP contribution >= 0.6 is 46.5 Å². The highest BCUT2D eigenvalue weighted by Crippen LogP contribution is 2.36. The van der Waals surface area contributed by atoms with Crippen molar-refractivity contribution in [3.05, 3.63) is 68.2 Å². The van der Waals surface area contributed by atoms with Gasteiger partial charge in [0.25, 0.3) is 0 Å². The monoisotopic (exact) mass is 509 g/mol. The quantitative estimate of drug-likeness (QED) is 0.337. The van der Waals surface area contributed by atoms with Gasteiger partial charge in [0.05, 0.1) is 21.1 Å². The molecule has 3 heterocycles. The molecule has 2 aliphatic heterocycles. The Balaban J connectivity index is 1.24. The maximum Gasteiger partial charge on any atom is 0.147 e. The van der Waals surface area contributed by atoms with Gasteiger partial charge in [-0.05, 0) is 41.3 Å². The molecule has 1 spiro atoms. The predicted molar refractivity (Wildman–Crippen MR) is 132 cm³/mol. The summed E-state index contributed by atoms with van der Waals surface area (Å²) in [6, 6.07) is 9.02. The molecule has 0 saturated carbocycles. The van der Waals surface area contributed by atoms with Gasteiger partial charge in [0, 0.05) is 55.1 Å². The van der Waals surface area contributed by atoms with Gasteiger partial charge in [0.15, 0.2) is 0 Å². The molecule has 0 bridgehead atoms. The zero-order valence-corrected chi connectivity index (χ0v) is 20.3. The molecular formula is C22H22Cl2FN5S2. The molecule has 2 saturated heterocycles. The zero-order chi connectivity index (χ0) is 22.1. The summed E-state index contributed by atoms with van der Waals surface area (Å²) in [6.07, 6.45) is 0. The molecule has 5 nitrogen and oxygen atoms in total. The SMILES string of the molecule is Fc1cc(NCc2c(Cl)cccc2CN2CC3(CNC3)C2)c(Cl)cc1SNc1cscn1.